The third-order valence-electron chi connectivity index (χ3n) is 4.34. The van der Waals surface area contributed by atoms with Crippen LogP contribution in [-0.4, -0.2) is 16.5 Å². The Morgan fingerprint density at radius 2 is 1.65 bits per heavy atom. The Kier molecular flexibility index (Phi) is 5.40. The van der Waals surface area contributed by atoms with Crippen LogP contribution in [0.3, 0.4) is 0 Å². The zero-order chi connectivity index (χ0) is 14.3. The van der Waals surface area contributed by atoms with Gasteiger partial charge in [-0.2, -0.15) is 0 Å². The lowest BCUT2D eigenvalue weighted by Gasteiger charge is -2.32. The van der Waals surface area contributed by atoms with Crippen molar-refractivity contribution in [2.24, 2.45) is 0 Å². The van der Waals surface area contributed by atoms with E-state index in [2.05, 4.69) is 6.58 Å². The van der Waals surface area contributed by atoms with Crippen molar-refractivity contribution in [3.63, 3.8) is 0 Å². The van der Waals surface area contributed by atoms with Crippen molar-refractivity contribution in [2.45, 2.75) is 56.9 Å². The van der Waals surface area contributed by atoms with Crippen LogP contribution in [0.15, 0.2) is 43.0 Å². The summed E-state index contributed by atoms with van der Waals surface area (Å²) in [5.74, 6) is 0. The molecule has 1 aliphatic carbocycles. The monoisotopic (exact) mass is 271 g/mol. The van der Waals surface area contributed by atoms with Crippen molar-refractivity contribution in [2.75, 3.05) is 0 Å². The van der Waals surface area contributed by atoms with Crippen molar-refractivity contribution >= 4 is 6.21 Å². The van der Waals surface area contributed by atoms with Crippen molar-refractivity contribution in [3.8, 4) is 0 Å². The summed E-state index contributed by atoms with van der Waals surface area (Å²) in [7, 11) is 0. The van der Waals surface area contributed by atoms with E-state index >= 15 is 0 Å². The molecule has 20 heavy (non-hydrogen) atoms. The van der Waals surface area contributed by atoms with Gasteiger partial charge in [-0.3, -0.25) is 0 Å². The lowest BCUT2D eigenvalue weighted by atomic mass is 9.81. The first-order valence-electron chi connectivity index (χ1n) is 7.74. The lowest BCUT2D eigenvalue weighted by molar-refractivity contribution is -0.549. The van der Waals surface area contributed by atoms with Gasteiger partial charge in [0, 0.05) is 24.8 Å². The van der Waals surface area contributed by atoms with Gasteiger partial charge in [0.05, 0.1) is 0 Å². The van der Waals surface area contributed by atoms with Crippen LogP contribution in [0.4, 0.5) is 0 Å². The van der Waals surface area contributed by atoms with E-state index in [1.807, 2.05) is 36.4 Å². The Labute approximate surface area is 122 Å². The van der Waals surface area contributed by atoms with Gasteiger partial charge in [0.2, 0.25) is 0 Å². The van der Waals surface area contributed by atoms with Gasteiger partial charge in [-0.05, 0) is 25.0 Å². The topological polar surface area (TPSA) is 26.1 Å². The minimum absolute atomic E-state index is 0.280. The van der Waals surface area contributed by atoms with Gasteiger partial charge >= 0.3 is 0 Å². The van der Waals surface area contributed by atoms with E-state index in [1.54, 1.807) is 6.21 Å². The van der Waals surface area contributed by atoms with Gasteiger partial charge < -0.3 is 5.21 Å². The van der Waals surface area contributed by atoms with Crippen molar-refractivity contribution in [3.05, 3.63) is 53.8 Å². The van der Waals surface area contributed by atoms with Crippen LogP contribution < -0.4 is 0 Å². The first-order chi connectivity index (χ1) is 9.77. The van der Waals surface area contributed by atoms with E-state index in [-0.39, 0.29) is 5.54 Å². The molecule has 0 amide bonds. The molecule has 0 aliphatic heterocycles. The molecule has 2 heteroatoms. The summed E-state index contributed by atoms with van der Waals surface area (Å²) in [6.07, 6.45) is 12.5. The summed E-state index contributed by atoms with van der Waals surface area (Å²) in [5.41, 5.74) is 0.700. The summed E-state index contributed by atoms with van der Waals surface area (Å²) in [5, 5.41) is 12.8. The number of nitrogens with zero attached hydrogens (tertiary/aromatic N) is 1. The zero-order valence-electron chi connectivity index (χ0n) is 12.3. The Morgan fingerprint density at radius 1 is 1.05 bits per heavy atom. The Morgan fingerprint density at radius 3 is 2.25 bits per heavy atom. The van der Waals surface area contributed by atoms with Crippen molar-refractivity contribution in [1.82, 2.24) is 0 Å². The van der Waals surface area contributed by atoms with Gasteiger partial charge in [0.25, 0.3) is 0 Å². The molecule has 0 N–H and O–H groups in total. The van der Waals surface area contributed by atoms with Crippen molar-refractivity contribution in [1.29, 1.82) is 0 Å². The predicted octanol–water partition coefficient (Wildman–Crippen LogP) is 4.68. The molecule has 0 atom stereocenters. The van der Waals surface area contributed by atoms with E-state index in [0.29, 0.717) is 0 Å². The number of hydroxylamine groups is 1. The molecule has 1 aromatic rings. The second kappa shape index (κ2) is 7.28. The van der Waals surface area contributed by atoms with Crippen LogP contribution >= 0.6 is 0 Å². The highest BCUT2D eigenvalue weighted by Gasteiger charge is 2.36. The van der Waals surface area contributed by atoms with Crippen LogP contribution in [0.25, 0.3) is 0 Å². The second-order valence-electron chi connectivity index (χ2n) is 5.85. The first kappa shape index (κ1) is 14.8. The normalized spacial score (nSPS) is 19.9. The van der Waals surface area contributed by atoms with E-state index in [0.717, 1.165) is 37.7 Å². The SMILES string of the molecule is C=CCC1(/[N+]([O-])=C/c2ccccc2)CCCCCCC1. The third-order valence-corrected chi connectivity index (χ3v) is 4.34. The molecule has 2 rings (SSSR count). The maximum absolute atomic E-state index is 12.8. The average molecular weight is 271 g/mol. The molecule has 1 aliphatic rings. The molecule has 2 nitrogen and oxygen atoms in total. The lowest BCUT2D eigenvalue weighted by Crippen LogP contribution is -2.40. The first-order valence-corrected chi connectivity index (χ1v) is 7.74. The van der Waals surface area contributed by atoms with Crippen LogP contribution in [0, 0.1) is 5.21 Å². The minimum atomic E-state index is -0.280. The smallest absolute Gasteiger partial charge is 0.182 e. The fourth-order valence-corrected chi connectivity index (χ4v) is 3.16. The Balaban J connectivity index is 2.25. The highest BCUT2D eigenvalue weighted by atomic mass is 16.5. The maximum atomic E-state index is 12.8. The van der Waals surface area contributed by atoms with Crippen molar-refractivity contribution < 1.29 is 4.74 Å². The Hall–Kier alpha value is -1.57. The quantitative estimate of drug-likeness (QED) is 0.257. The number of hydrogen-bond donors (Lipinski definition) is 0. The van der Waals surface area contributed by atoms with E-state index in [4.69, 9.17) is 0 Å². The van der Waals surface area contributed by atoms with Gasteiger partial charge in [0.1, 0.15) is 0 Å². The van der Waals surface area contributed by atoms with E-state index in [1.165, 1.54) is 24.0 Å². The minimum Gasteiger partial charge on any atom is -0.623 e. The molecule has 1 fully saturated rings. The van der Waals surface area contributed by atoms with Crippen LogP contribution in [0.2, 0.25) is 0 Å². The summed E-state index contributed by atoms with van der Waals surface area (Å²) in [6, 6.07) is 9.88. The highest BCUT2D eigenvalue weighted by molar-refractivity contribution is 5.75. The predicted molar refractivity (Wildman–Crippen MR) is 85.1 cm³/mol. The molecular weight excluding hydrogens is 246 g/mol. The number of hydrogen-bond acceptors (Lipinski definition) is 1. The molecule has 0 bridgehead atoms. The molecule has 1 saturated carbocycles. The molecular formula is C18H25NO. The zero-order valence-corrected chi connectivity index (χ0v) is 12.3. The number of rotatable bonds is 4. The van der Waals surface area contributed by atoms with Gasteiger partial charge in [0.15, 0.2) is 11.8 Å². The molecule has 0 unspecified atom stereocenters. The maximum Gasteiger partial charge on any atom is 0.182 e. The average Bonchev–Trinajstić information content (AvgIpc) is 2.43. The largest absolute Gasteiger partial charge is 0.623 e. The summed E-state index contributed by atoms with van der Waals surface area (Å²) in [4.78, 5) is 0. The van der Waals surface area contributed by atoms with E-state index < -0.39 is 0 Å². The molecule has 1 aromatic carbocycles. The van der Waals surface area contributed by atoms with Gasteiger partial charge in [-0.15, -0.1) is 6.58 Å². The van der Waals surface area contributed by atoms with Crippen LogP contribution in [0.1, 0.15) is 56.9 Å². The number of benzene rings is 1. The molecule has 0 radical (unpaired) electrons. The molecule has 108 valence electrons. The van der Waals surface area contributed by atoms with Crippen LogP contribution in [-0.2, 0) is 0 Å². The summed E-state index contributed by atoms with van der Waals surface area (Å²) in [6.45, 7) is 3.86. The highest BCUT2D eigenvalue weighted by Crippen LogP contribution is 2.32. The Bertz CT molecular complexity index is 442. The second-order valence-corrected chi connectivity index (χ2v) is 5.85. The molecule has 0 heterocycles. The summed E-state index contributed by atoms with van der Waals surface area (Å²) >= 11 is 0. The summed E-state index contributed by atoms with van der Waals surface area (Å²) < 4.78 is 1.22. The molecule has 0 aromatic heterocycles. The third kappa shape index (κ3) is 3.72. The standard InChI is InChI=1S/C18H25NO/c1-2-13-18(14-9-4-3-5-10-15-18)19(20)16-17-11-7-6-8-12-17/h2,6-8,11-12,16H,1,3-5,9-10,13-15H2/b19-16-. The van der Waals surface area contributed by atoms with Gasteiger partial charge in [-0.1, -0.05) is 43.5 Å². The molecule has 0 spiro atoms. The van der Waals surface area contributed by atoms with E-state index in [9.17, 15) is 5.21 Å². The van der Waals surface area contributed by atoms with Crippen LogP contribution in [0.5, 0.6) is 0 Å². The van der Waals surface area contributed by atoms with Gasteiger partial charge in [-0.25, -0.2) is 4.74 Å². The fraction of sp³-hybridized carbons (Fsp3) is 0.500. The fourth-order valence-electron chi connectivity index (χ4n) is 3.16. The molecule has 0 saturated heterocycles.